The van der Waals surface area contributed by atoms with Gasteiger partial charge in [-0.25, -0.2) is 13.2 Å². The van der Waals surface area contributed by atoms with Gasteiger partial charge in [0.15, 0.2) is 0 Å². The highest BCUT2D eigenvalue weighted by Crippen LogP contribution is 2.28. The van der Waals surface area contributed by atoms with E-state index >= 15 is 0 Å². The molecule has 7 nitrogen and oxygen atoms in total. The molecular formula is C36H32ClNO6S. The highest BCUT2D eigenvalue weighted by Gasteiger charge is 2.19. The fourth-order valence-electron chi connectivity index (χ4n) is 4.91. The number of carboxylic acid groups (broad SMARTS) is 1. The van der Waals surface area contributed by atoms with Crippen molar-refractivity contribution in [3.05, 3.63) is 155 Å². The minimum absolute atomic E-state index is 0.0824. The van der Waals surface area contributed by atoms with Gasteiger partial charge in [0.05, 0.1) is 21.5 Å². The Morgan fingerprint density at radius 2 is 1.47 bits per heavy atom. The lowest BCUT2D eigenvalue weighted by atomic mass is 10.1. The van der Waals surface area contributed by atoms with Gasteiger partial charge in [-0.05, 0) is 89.8 Å². The number of aliphatic hydroxyl groups is 1. The summed E-state index contributed by atoms with van der Waals surface area (Å²) in [6, 6.07) is 36.2. The molecule has 2 N–H and O–H groups in total. The second-order valence-electron chi connectivity index (χ2n) is 10.6. The van der Waals surface area contributed by atoms with Gasteiger partial charge in [-0.1, -0.05) is 72.3 Å². The zero-order valence-electron chi connectivity index (χ0n) is 24.3. The maximum absolute atomic E-state index is 13.5. The maximum Gasteiger partial charge on any atom is 0.335 e. The molecule has 1 atom stereocenters. The van der Waals surface area contributed by atoms with Crippen molar-refractivity contribution in [3.8, 4) is 11.5 Å². The molecule has 0 fully saturated rings. The van der Waals surface area contributed by atoms with E-state index in [4.69, 9.17) is 21.4 Å². The third-order valence-corrected chi connectivity index (χ3v) is 9.32. The lowest BCUT2D eigenvalue weighted by molar-refractivity contribution is 0.0696. The third kappa shape index (κ3) is 8.59. The molecular weight excluding hydrogens is 610 g/mol. The summed E-state index contributed by atoms with van der Waals surface area (Å²) in [4.78, 5) is 13.5. The first-order chi connectivity index (χ1) is 21.7. The van der Waals surface area contributed by atoms with Crippen LogP contribution < -0.4 is 4.74 Å². The Balaban J connectivity index is 1.26. The highest BCUT2D eigenvalue weighted by molar-refractivity contribution is 7.91. The number of sulfone groups is 1. The molecule has 5 aromatic rings. The summed E-state index contributed by atoms with van der Waals surface area (Å²) in [6.45, 7) is 1.70. The van der Waals surface area contributed by atoms with Crippen molar-refractivity contribution in [1.29, 1.82) is 0 Å². The Morgan fingerprint density at radius 3 is 2.16 bits per heavy atom. The van der Waals surface area contributed by atoms with Crippen LogP contribution >= 0.6 is 11.6 Å². The molecule has 0 saturated heterocycles. The third-order valence-electron chi connectivity index (χ3n) is 7.32. The smallest absolute Gasteiger partial charge is 0.335 e. The van der Waals surface area contributed by atoms with Gasteiger partial charge in [-0.15, -0.1) is 0 Å². The van der Waals surface area contributed by atoms with Gasteiger partial charge < -0.3 is 14.9 Å². The summed E-state index contributed by atoms with van der Waals surface area (Å²) < 4.78 is 32.7. The van der Waals surface area contributed by atoms with Gasteiger partial charge in [-0.3, -0.25) is 4.90 Å². The number of aliphatic hydroxyl groups excluding tert-OH is 1. The predicted octanol–water partition coefficient (Wildman–Crippen LogP) is 7.44. The van der Waals surface area contributed by atoms with Gasteiger partial charge in [0.2, 0.25) is 9.84 Å². The van der Waals surface area contributed by atoms with E-state index in [9.17, 15) is 18.3 Å². The second kappa shape index (κ2) is 14.5. The Bertz CT molecular complexity index is 1850. The Kier molecular flexibility index (Phi) is 10.3. The SMILES string of the molecule is O=C(O)c1ccc(Oc2cccc(S(=O)(=O)c3ccc(CCN(Cc4ccccc4)C[C@H](O)c4cccc(Cl)c4)cc3)c2)cc1. The van der Waals surface area contributed by atoms with Crippen LogP contribution in [-0.4, -0.2) is 42.6 Å². The molecule has 5 aromatic carbocycles. The Labute approximate surface area is 267 Å². The number of carboxylic acids is 1. The standard InChI is InChI=1S/C36H32ClNO6S/c37-30-9-4-8-29(22-30)35(39)25-38(24-27-6-2-1-3-7-27)21-20-26-12-18-33(19-13-26)45(42,43)34-11-5-10-32(23-34)44-31-16-14-28(15-17-31)36(40)41/h1-19,22-23,35,39H,20-21,24-25H2,(H,40,41)/t35-/m0/s1. The van der Waals surface area contributed by atoms with Crippen LogP contribution in [0.2, 0.25) is 5.02 Å². The van der Waals surface area contributed by atoms with E-state index in [0.717, 1.165) is 16.7 Å². The van der Waals surface area contributed by atoms with Crippen LogP contribution in [0.25, 0.3) is 0 Å². The van der Waals surface area contributed by atoms with Crippen LogP contribution in [0.4, 0.5) is 0 Å². The van der Waals surface area contributed by atoms with Crippen molar-refractivity contribution < 1.29 is 28.2 Å². The fourth-order valence-corrected chi connectivity index (χ4v) is 6.40. The summed E-state index contributed by atoms with van der Waals surface area (Å²) in [5, 5.41) is 20.6. The van der Waals surface area contributed by atoms with E-state index < -0.39 is 21.9 Å². The number of aromatic carboxylic acids is 1. The number of nitrogens with zero attached hydrogens (tertiary/aromatic N) is 1. The first kappa shape index (κ1) is 31.9. The molecule has 0 heterocycles. The van der Waals surface area contributed by atoms with Crippen LogP contribution in [0, 0.1) is 0 Å². The molecule has 0 unspecified atom stereocenters. The van der Waals surface area contributed by atoms with Crippen LogP contribution in [0.3, 0.4) is 0 Å². The number of carbonyl (C=O) groups is 1. The summed E-state index contributed by atoms with van der Waals surface area (Å²) in [5.74, 6) is -0.340. The molecule has 0 aliphatic carbocycles. The van der Waals surface area contributed by atoms with Crippen molar-refractivity contribution in [1.82, 2.24) is 4.90 Å². The van der Waals surface area contributed by atoms with Gasteiger partial charge in [0.1, 0.15) is 11.5 Å². The molecule has 45 heavy (non-hydrogen) atoms. The van der Waals surface area contributed by atoms with Gasteiger partial charge in [-0.2, -0.15) is 0 Å². The molecule has 0 aliphatic heterocycles. The van der Waals surface area contributed by atoms with E-state index in [2.05, 4.69) is 4.90 Å². The van der Waals surface area contributed by atoms with Gasteiger partial charge >= 0.3 is 5.97 Å². The summed E-state index contributed by atoms with van der Waals surface area (Å²) in [7, 11) is -3.82. The number of benzene rings is 5. The quantitative estimate of drug-likeness (QED) is 0.138. The fraction of sp³-hybridized carbons (Fsp3) is 0.139. The van der Waals surface area contributed by atoms with Gasteiger partial charge in [0.25, 0.3) is 0 Å². The van der Waals surface area contributed by atoms with Crippen molar-refractivity contribution in [3.63, 3.8) is 0 Å². The van der Waals surface area contributed by atoms with Crippen LogP contribution in [0.15, 0.2) is 137 Å². The zero-order chi connectivity index (χ0) is 31.8. The molecule has 0 saturated carbocycles. The number of hydrogen-bond acceptors (Lipinski definition) is 6. The monoisotopic (exact) mass is 641 g/mol. The topological polar surface area (TPSA) is 104 Å². The number of hydrogen-bond donors (Lipinski definition) is 2. The van der Waals surface area contributed by atoms with Crippen molar-refractivity contribution in [2.45, 2.75) is 28.9 Å². The number of halogens is 1. The van der Waals surface area contributed by atoms with Crippen molar-refractivity contribution in [2.75, 3.05) is 13.1 Å². The summed E-state index contributed by atoms with van der Waals surface area (Å²) in [6.07, 6.45) is -0.0665. The van der Waals surface area contributed by atoms with E-state index in [1.54, 1.807) is 36.4 Å². The maximum atomic E-state index is 13.5. The average Bonchev–Trinajstić information content (AvgIpc) is 3.04. The zero-order valence-corrected chi connectivity index (χ0v) is 25.9. The van der Waals surface area contributed by atoms with Crippen LogP contribution in [0.5, 0.6) is 11.5 Å². The Hall–Kier alpha value is -4.47. The molecule has 0 aromatic heterocycles. The second-order valence-corrected chi connectivity index (χ2v) is 13.0. The lowest BCUT2D eigenvalue weighted by Crippen LogP contribution is -2.30. The number of ether oxygens (including phenoxy) is 1. The van der Waals surface area contributed by atoms with Crippen molar-refractivity contribution >= 4 is 27.4 Å². The normalized spacial score (nSPS) is 12.2. The first-order valence-electron chi connectivity index (χ1n) is 14.3. The van der Waals surface area contributed by atoms with Gasteiger partial charge in [0, 0.05) is 24.7 Å². The van der Waals surface area contributed by atoms with E-state index in [1.165, 1.54) is 36.4 Å². The molecule has 0 aliphatic rings. The van der Waals surface area contributed by atoms with Crippen LogP contribution in [0.1, 0.15) is 33.2 Å². The summed E-state index contributed by atoms with van der Waals surface area (Å²) >= 11 is 6.14. The molecule has 9 heteroatoms. The largest absolute Gasteiger partial charge is 0.478 e. The van der Waals surface area contributed by atoms with E-state index in [0.29, 0.717) is 42.6 Å². The first-order valence-corrected chi connectivity index (χ1v) is 16.2. The molecule has 0 radical (unpaired) electrons. The predicted molar refractivity (Wildman–Crippen MR) is 174 cm³/mol. The summed E-state index contributed by atoms with van der Waals surface area (Å²) in [5.41, 5.74) is 2.97. The number of rotatable bonds is 13. The molecule has 230 valence electrons. The molecule has 5 rings (SSSR count). The Morgan fingerprint density at radius 1 is 0.756 bits per heavy atom. The minimum Gasteiger partial charge on any atom is -0.478 e. The minimum atomic E-state index is -3.82. The highest BCUT2D eigenvalue weighted by atomic mass is 35.5. The molecule has 0 amide bonds. The van der Waals surface area contributed by atoms with E-state index in [-0.39, 0.29) is 15.4 Å². The molecule has 0 spiro atoms. The lowest BCUT2D eigenvalue weighted by Gasteiger charge is -2.25. The molecule has 0 bridgehead atoms. The van der Waals surface area contributed by atoms with Crippen molar-refractivity contribution in [2.24, 2.45) is 0 Å². The van der Waals surface area contributed by atoms with Crippen LogP contribution in [-0.2, 0) is 22.8 Å². The average molecular weight is 642 g/mol. The van der Waals surface area contributed by atoms with E-state index in [1.807, 2.05) is 54.6 Å².